The second-order valence-corrected chi connectivity index (χ2v) is 6.06. The summed E-state index contributed by atoms with van der Waals surface area (Å²) in [4.78, 5) is 20.7. The number of amides is 1. The molecule has 6 nitrogen and oxygen atoms in total. The zero-order valence-corrected chi connectivity index (χ0v) is 13.1. The predicted molar refractivity (Wildman–Crippen MR) is 85.5 cm³/mol. The van der Waals surface area contributed by atoms with E-state index < -0.39 is 0 Å². The molecule has 0 aliphatic heterocycles. The van der Waals surface area contributed by atoms with Crippen LogP contribution in [0.5, 0.6) is 0 Å². The van der Waals surface area contributed by atoms with Gasteiger partial charge in [0, 0.05) is 17.5 Å². The van der Waals surface area contributed by atoms with Crippen LogP contribution in [0.1, 0.15) is 31.6 Å². The minimum atomic E-state index is -0.287. The maximum atomic E-state index is 13.0. The Kier molecular flexibility index (Phi) is 3.48. The summed E-state index contributed by atoms with van der Waals surface area (Å²) in [6, 6.07) is 7.66. The van der Waals surface area contributed by atoms with Crippen LogP contribution >= 0.6 is 0 Å². The number of fused-ring (bicyclic) bond motifs is 1. The largest absolute Gasteiger partial charge is 0.346 e. The lowest BCUT2D eigenvalue weighted by atomic mass is 10.1. The second kappa shape index (κ2) is 5.67. The summed E-state index contributed by atoms with van der Waals surface area (Å²) in [5.74, 6) is 0.467. The number of benzene rings is 1. The molecule has 1 saturated carbocycles. The van der Waals surface area contributed by atoms with Crippen LogP contribution in [0.2, 0.25) is 0 Å². The van der Waals surface area contributed by atoms with E-state index in [1.807, 2.05) is 6.92 Å². The number of carbonyl (C=O) groups is 1. The lowest BCUT2D eigenvalue weighted by Crippen LogP contribution is -2.28. The molecular weight excluding hydrogens is 309 g/mol. The molecule has 24 heavy (non-hydrogen) atoms. The van der Waals surface area contributed by atoms with E-state index in [1.165, 1.54) is 12.1 Å². The van der Waals surface area contributed by atoms with Crippen molar-refractivity contribution >= 4 is 11.6 Å². The second-order valence-electron chi connectivity index (χ2n) is 6.06. The van der Waals surface area contributed by atoms with Crippen molar-refractivity contribution in [3.05, 3.63) is 48.3 Å². The number of carbonyl (C=O) groups excluding carboxylic acids is 1. The first-order valence-electron chi connectivity index (χ1n) is 7.89. The van der Waals surface area contributed by atoms with Crippen molar-refractivity contribution in [2.75, 3.05) is 0 Å². The van der Waals surface area contributed by atoms with E-state index in [9.17, 15) is 9.18 Å². The standard InChI is InChI=1S/C17H16FN5O/c1-10(20-17(24)12-2-3-12)16-21-15-8-14(19-9-23(15)22-16)11-4-6-13(18)7-5-11/h4-10,12H,2-3H2,1H3,(H,20,24)/t10-/m0/s1. The Bertz CT molecular complexity index is 901. The number of hydrogen-bond donors (Lipinski definition) is 1. The van der Waals surface area contributed by atoms with Crippen molar-refractivity contribution in [2.24, 2.45) is 5.92 Å². The monoisotopic (exact) mass is 325 g/mol. The lowest BCUT2D eigenvalue weighted by Gasteiger charge is -2.09. The topological polar surface area (TPSA) is 72.2 Å². The van der Waals surface area contributed by atoms with Crippen LogP contribution in [0.4, 0.5) is 4.39 Å². The Morgan fingerprint density at radius 3 is 2.79 bits per heavy atom. The smallest absolute Gasteiger partial charge is 0.223 e. The SMILES string of the molecule is C[C@H](NC(=O)C1CC1)c1nc2cc(-c3ccc(F)cc3)ncn2n1. The van der Waals surface area contributed by atoms with E-state index >= 15 is 0 Å². The highest BCUT2D eigenvalue weighted by Crippen LogP contribution is 2.29. The summed E-state index contributed by atoms with van der Waals surface area (Å²) in [7, 11) is 0. The zero-order valence-electron chi connectivity index (χ0n) is 13.1. The molecule has 7 heteroatoms. The van der Waals surface area contributed by atoms with Gasteiger partial charge < -0.3 is 5.32 Å². The average Bonchev–Trinajstić information content (AvgIpc) is 3.34. The molecule has 2 aromatic heterocycles. The highest BCUT2D eigenvalue weighted by Gasteiger charge is 2.31. The van der Waals surface area contributed by atoms with Crippen molar-refractivity contribution in [3.8, 4) is 11.3 Å². The number of rotatable bonds is 4. The molecule has 0 saturated heterocycles. The fourth-order valence-corrected chi connectivity index (χ4v) is 2.52. The van der Waals surface area contributed by atoms with Crippen LogP contribution in [-0.2, 0) is 4.79 Å². The number of nitrogens with one attached hydrogen (secondary N) is 1. The van der Waals surface area contributed by atoms with Gasteiger partial charge in [-0.25, -0.2) is 18.9 Å². The predicted octanol–water partition coefficient (Wildman–Crippen LogP) is 2.52. The molecule has 0 unspecified atom stereocenters. The highest BCUT2D eigenvalue weighted by atomic mass is 19.1. The summed E-state index contributed by atoms with van der Waals surface area (Å²) >= 11 is 0. The zero-order chi connectivity index (χ0) is 16.7. The van der Waals surface area contributed by atoms with Gasteiger partial charge in [0.25, 0.3) is 0 Å². The maximum absolute atomic E-state index is 13.0. The number of aromatic nitrogens is 4. The van der Waals surface area contributed by atoms with Crippen molar-refractivity contribution in [2.45, 2.75) is 25.8 Å². The normalized spacial score (nSPS) is 15.4. The minimum absolute atomic E-state index is 0.0616. The molecule has 1 amide bonds. The third-order valence-electron chi connectivity index (χ3n) is 4.08. The van der Waals surface area contributed by atoms with Gasteiger partial charge in [-0.15, -0.1) is 5.10 Å². The Labute approximate surface area is 137 Å². The molecule has 3 aromatic rings. The van der Waals surface area contributed by atoms with Crippen LogP contribution in [-0.4, -0.2) is 25.5 Å². The van der Waals surface area contributed by atoms with Gasteiger partial charge in [-0.2, -0.15) is 0 Å². The Balaban J connectivity index is 1.60. The summed E-state index contributed by atoms with van der Waals surface area (Å²) in [5.41, 5.74) is 2.13. The molecule has 1 aliphatic carbocycles. The number of hydrogen-bond acceptors (Lipinski definition) is 4. The highest BCUT2D eigenvalue weighted by molar-refractivity contribution is 5.81. The molecule has 0 spiro atoms. The van der Waals surface area contributed by atoms with E-state index in [4.69, 9.17) is 0 Å². The van der Waals surface area contributed by atoms with Gasteiger partial charge in [0.15, 0.2) is 11.5 Å². The van der Waals surface area contributed by atoms with Crippen molar-refractivity contribution in [1.82, 2.24) is 24.9 Å². The van der Waals surface area contributed by atoms with Gasteiger partial charge >= 0.3 is 0 Å². The van der Waals surface area contributed by atoms with Gasteiger partial charge in [0.1, 0.15) is 12.1 Å². The third-order valence-corrected chi connectivity index (χ3v) is 4.08. The van der Waals surface area contributed by atoms with Gasteiger partial charge in [0.05, 0.1) is 11.7 Å². The molecule has 122 valence electrons. The van der Waals surface area contributed by atoms with Crippen LogP contribution in [0.3, 0.4) is 0 Å². The number of nitrogens with zero attached hydrogens (tertiary/aromatic N) is 4. The van der Waals surface area contributed by atoms with E-state index in [1.54, 1.807) is 29.0 Å². The van der Waals surface area contributed by atoms with Gasteiger partial charge in [0.2, 0.25) is 5.91 Å². The Morgan fingerprint density at radius 2 is 2.08 bits per heavy atom. The number of halogens is 1. The summed E-state index contributed by atoms with van der Waals surface area (Å²) in [6.45, 7) is 1.86. The Hall–Kier alpha value is -2.83. The fraction of sp³-hybridized carbons (Fsp3) is 0.294. The van der Waals surface area contributed by atoms with E-state index in [2.05, 4.69) is 20.4 Å². The Morgan fingerprint density at radius 1 is 1.33 bits per heavy atom. The van der Waals surface area contributed by atoms with Crippen LogP contribution in [0, 0.1) is 11.7 Å². The molecule has 1 atom stereocenters. The quantitative estimate of drug-likeness (QED) is 0.800. The first kappa shape index (κ1) is 14.7. The first-order valence-corrected chi connectivity index (χ1v) is 7.89. The first-order chi connectivity index (χ1) is 11.6. The molecule has 2 heterocycles. The van der Waals surface area contributed by atoms with Crippen molar-refractivity contribution < 1.29 is 9.18 Å². The molecule has 1 aromatic carbocycles. The summed E-state index contributed by atoms with van der Waals surface area (Å²) < 4.78 is 14.6. The molecule has 1 aliphatic rings. The molecule has 0 radical (unpaired) electrons. The molecule has 1 N–H and O–H groups in total. The molecular formula is C17H16FN5O. The maximum Gasteiger partial charge on any atom is 0.223 e. The van der Waals surface area contributed by atoms with E-state index in [0.717, 1.165) is 18.4 Å². The summed E-state index contributed by atoms with van der Waals surface area (Å²) in [6.07, 6.45) is 3.49. The molecule has 0 bridgehead atoms. The van der Waals surface area contributed by atoms with Gasteiger partial charge in [-0.3, -0.25) is 4.79 Å². The van der Waals surface area contributed by atoms with Crippen molar-refractivity contribution in [1.29, 1.82) is 0 Å². The summed E-state index contributed by atoms with van der Waals surface area (Å²) in [5, 5.41) is 7.29. The average molecular weight is 325 g/mol. The van der Waals surface area contributed by atoms with Gasteiger partial charge in [-0.1, -0.05) is 0 Å². The van der Waals surface area contributed by atoms with Crippen molar-refractivity contribution in [3.63, 3.8) is 0 Å². The minimum Gasteiger partial charge on any atom is -0.346 e. The van der Waals surface area contributed by atoms with Crippen LogP contribution in [0.15, 0.2) is 36.7 Å². The van der Waals surface area contributed by atoms with E-state index in [-0.39, 0.29) is 23.7 Å². The van der Waals surface area contributed by atoms with Gasteiger partial charge in [-0.05, 0) is 44.0 Å². The third kappa shape index (κ3) is 2.84. The van der Waals surface area contributed by atoms with E-state index in [0.29, 0.717) is 17.2 Å². The fourth-order valence-electron chi connectivity index (χ4n) is 2.52. The lowest BCUT2D eigenvalue weighted by molar-refractivity contribution is -0.123. The van der Waals surface area contributed by atoms with Crippen LogP contribution in [0.25, 0.3) is 16.9 Å². The van der Waals surface area contributed by atoms with Crippen LogP contribution < -0.4 is 5.32 Å². The molecule has 1 fully saturated rings. The molecule has 4 rings (SSSR count).